The van der Waals surface area contributed by atoms with Crippen LogP contribution in [0, 0.1) is 0 Å². The van der Waals surface area contributed by atoms with Gasteiger partial charge in [-0.3, -0.25) is 0 Å². The minimum absolute atomic E-state index is 0.780. The van der Waals surface area contributed by atoms with Gasteiger partial charge in [-0.05, 0) is 25.1 Å². The lowest BCUT2D eigenvalue weighted by atomic mass is 10.3. The van der Waals surface area contributed by atoms with Crippen LogP contribution in [0.4, 0.5) is 0 Å². The summed E-state index contributed by atoms with van der Waals surface area (Å²) in [5, 5.41) is 0. The number of rotatable bonds is 9. The van der Waals surface area contributed by atoms with Crippen LogP contribution < -0.4 is 0 Å². The predicted octanol–water partition coefficient (Wildman–Crippen LogP) is 3.42. The van der Waals surface area contributed by atoms with E-state index in [1.807, 2.05) is 5.70 Å². The number of hydrogen-bond donors (Lipinski definition) is 0. The largest absolute Gasteiger partial charge is 0.391 e. The smallest absolute Gasteiger partial charge is 0.361 e. The van der Waals surface area contributed by atoms with Crippen LogP contribution in [0.2, 0.25) is 6.55 Å². The fourth-order valence-electron chi connectivity index (χ4n) is 1.09. The quantitative estimate of drug-likeness (QED) is 0.434. The van der Waals surface area contributed by atoms with E-state index >= 15 is 0 Å². The van der Waals surface area contributed by atoms with Crippen molar-refractivity contribution >= 4 is 8.56 Å². The molecule has 0 rings (SSSR count). The Balaban J connectivity index is 3.68. The van der Waals surface area contributed by atoms with E-state index in [4.69, 9.17) is 8.85 Å². The Bertz CT molecular complexity index is 150. The van der Waals surface area contributed by atoms with Gasteiger partial charge >= 0.3 is 8.56 Å². The molecule has 0 radical (unpaired) electrons. The minimum Gasteiger partial charge on any atom is -0.391 e. The second kappa shape index (κ2) is 8.21. The maximum absolute atomic E-state index is 5.78. The third-order valence-electron chi connectivity index (χ3n) is 2.10. The molecule has 1 atom stereocenters. The lowest BCUT2D eigenvalue weighted by Gasteiger charge is -2.23. The van der Waals surface area contributed by atoms with Crippen LogP contribution in [0.5, 0.6) is 0 Å². The van der Waals surface area contributed by atoms with E-state index in [1.165, 1.54) is 12.8 Å². The zero-order chi connectivity index (χ0) is 10.9. The molecule has 0 aliphatic rings. The molecule has 0 aliphatic heterocycles. The van der Waals surface area contributed by atoms with Crippen LogP contribution in [-0.4, -0.2) is 21.8 Å². The van der Waals surface area contributed by atoms with E-state index in [9.17, 15) is 0 Å². The maximum Gasteiger partial charge on any atom is 0.361 e. The van der Waals surface area contributed by atoms with Gasteiger partial charge in [-0.1, -0.05) is 26.7 Å². The molecule has 0 fully saturated rings. The van der Waals surface area contributed by atoms with Crippen LogP contribution >= 0.6 is 0 Å². The molecule has 0 saturated heterocycles. The predicted molar refractivity (Wildman–Crippen MR) is 63.5 cm³/mol. The summed E-state index contributed by atoms with van der Waals surface area (Å²) in [5.74, 6) is 0. The van der Waals surface area contributed by atoms with Crippen molar-refractivity contribution in [1.29, 1.82) is 0 Å². The molecule has 0 aromatic heterocycles. The lowest BCUT2D eigenvalue weighted by Crippen LogP contribution is -2.37. The zero-order valence-electron chi connectivity index (χ0n) is 9.84. The van der Waals surface area contributed by atoms with Crippen LogP contribution in [0.3, 0.4) is 0 Å². The summed E-state index contributed by atoms with van der Waals surface area (Å²) >= 11 is 0. The summed E-state index contributed by atoms with van der Waals surface area (Å²) in [4.78, 5) is 0. The Kier molecular flexibility index (Phi) is 8.13. The van der Waals surface area contributed by atoms with Gasteiger partial charge < -0.3 is 8.85 Å². The van der Waals surface area contributed by atoms with Crippen LogP contribution in [0.15, 0.2) is 12.3 Å². The molecule has 0 saturated carbocycles. The zero-order valence-corrected chi connectivity index (χ0v) is 10.8. The first-order chi connectivity index (χ1) is 6.68. The van der Waals surface area contributed by atoms with E-state index in [0.29, 0.717) is 0 Å². The number of unbranched alkanes of at least 4 members (excludes halogenated alkanes) is 2. The molecule has 0 bridgehead atoms. The van der Waals surface area contributed by atoms with Crippen molar-refractivity contribution in [3.8, 4) is 0 Å². The van der Waals surface area contributed by atoms with Gasteiger partial charge in [0.1, 0.15) is 0 Å². The molecule has 2 nitrogen and oxygen atoms in total. The second-order valence-corrected chi connectivity index (χ2v) is 6.64. The van der Waals surface area contributed by atoms with Crippen molar-refractivity contribution in [2.75, 3.05) is 13.2 Å². The molecule has 0 spiro atoms. The van der Waals surface area contributed by atoms with Crippen molar-refractivity contribution in [2.24, 2.45) is 0 Å². The molecule has 0 amide bonds. The molecule has 0 heterocycles. The Morgan fingerprint density at radius 1 is 1.07 bits per heavy atom. The average Bonchev–Trinajstić information content (AvgIpc) is 2.22. The van der Waals surface area contributed by atoms with E-state index in [1.54, 1.807) is 0 Å². The molecule has 1 unspecified atom stereocenters. The Hall–Kier alpha value is -0.123. The summed E-state index contributed by atoms with van der Waals surface area (Å²) in [6.07, 6.45) is 4.62. The maximum atomic E-state index is 5.78. The topological polar surface area (TPSA) is 18.5 Å². The van der Waals surface area contributed by atoms with Gasteiger partial charge in [-0.25, -0.2) is 0 Å². The van der Waals surface area contributed by atoms with Gasteiger partial charge in [0.25, 0.3) is 0 Å². The summed E-state index contributed by atoms with van der Waals surface area (Å²) in [7, 11) is -2.03. The van der Waals surface area contributed by atoms with E-state index < -0.39 is 8.56 Å². The first-order valence-electron chi connectivity index (χ1n) is 5.60. The summed E-state index contributed by atoms with van der Waals surface area (Å²) < 4.78 is 11.5. The highest BCUT2D eigenvalue weighted by Crippen LogP contribution is 2.10. The van der Waals surface area contributed by atoms with Gasteiger partial charge in [0.2, 0.25) is 0 Å². The molecule has 0 aliphatic carbocycles. The van der Waals surface area contributed by atoms with E-state index in [-0.39, 0.29) is 0 Å². The third-order valence-corrected chi connectivity index (χ3v) is 4.40. The third kappa shape index (κ3) is 6.35. The van der Waals surface area contributed by atoms with Crippen molar-refractivity contribution < 1.29 is 8.85 Å². The van der Waals surface area contributed by atoms with Gasteiger partial charge in [0.15, 0.2) is 0 Å². The SMILES string of the molecule is C=C[Si](C)(OCCC)OCCCCC. The fraction of sp³-hybridized carbons (Fsp3) is 0.818. The molecule has 0 aromatic rings. The van der Waals surface area contributed by atoms with Gasteiger partial charge in [0, 0.05) is 13.2 Å². The standard InChI is InChI=1S/C11H24O2Si/c1-5-8-9-11-13-14(4,7-3)12-10-6-2/h7H,3,5-6,8-11H2,1-2,4H3. The van der Waals surface area contributed by atoms with Crippen molar-refractivity contribution in [1.82, 2.24) is 0 Å². The van der Waals surface area contributed by atoms with Gasteiger partial charge in [0.05, 0.1) is 0 Å². The van der Waals surface area contributed by atoms with Crippen molar-refractivity contribution in [3.05, 3.63) is 12.3 Å². The van der Waals surface area contributed by atoms with Gasteiger partial charge in [-0.2, -0.15) is 0 Å². The van der Waals surface area contributed by atoms with Crippen molar-refractivity contribution in [3.63, 3.8) is 0 Å². The normalized spacial score (nSPS) is 15.1. The summed E-state index contributed by atoms with van der Waals surface area (Å²) in [6.45, 7) is 11.7. The molecule has 0 aromatic carbocycles. The molecule has 84 valence electrons. The van der Waals surface area contributed by atoms with Crippen LogP contribution in [0.1, 0.15) is 39.5 Å². The molecular formula is C11H24O2Si. The Morgan fingerprint density at radius 2 is 1.71 bits per heavy atom. The van der Waals surface area contributed by atoms with Crippen LogP contribution in [-0.2, 0) is 8.85 Å². The fourth-order valence-corrected chi connectivity index (χ4v) is 2.57. The second-order valence-electron chi connectivity index (χ2n) is 3.62. The van der Waals surface area contributed by atoms with Gasteiger partial charge in [-0.15, -0.1) is 6.58 Å². The Labute approximate surface area is 89.6 Å². The molecular weight excluding hydrogens is 192 g/mol. The highest BCUT2D eigenvalue weighted by molar-refractivity contribution is 6.71. The molecule has 14 heavy (non-hydrogen) atoms. The number of hydrogen-bond acceptors (Lipinski definition) is 2. The lowest BCUT2D eigenvalue weighted by molar-refractivity contribution is 0.181. The first-order valence-corrected chi connectivity index (χ1v) is 7.99. The molecule has 0 N–H and O–H groups in total. The highest BCUT2D eigenvalue weighted by Gasteiger charge is 2.26. The van der Waals surface area contributed by atoms with E-state index in [0.717, 1.165) is 26.1 Å². The van der Waals surface area contributed by atoms with Crippen molar-refractivity contribution in [2.45, 2.75) is 46.1 Å². The summed E-state index contributed by atoms with van der Waals surface area (Å²) in [5.41, 5.74) is 1.87. The minimum atomic E-state index is -2.03. The van der Waals surface area contributed by atoms with E-state index in [2.05, 4.69) is 27.0 Å². The average molecular weight is 216 g/mol. The first kappa shape index (κ1) is 13.9. The van der Waals surface area contributed by atoms with Crippen LogP contribution in [0.25, 0.3) is 0 Å². The Morgan fingerprint density at radius 3 is 2.21 bits per heavy atom. The summed E-state index contributed by atoms with van der Waals surface area (Å²) in [6, 6.07) is 0. The monoisotopic (exact) mass is 216 g/mol. The highest BCUT2D eigenvalue weighted by atomic mass is 28.4. The molecule has 3 heteroatoms.